The number of allylic oxidation sites excluding steroid dienone is 2. The first-order chi connectivity index (χ1) is 18.2. The van der Waals surface area contributed by atoms with Crippen molar-refractivity contribution in [2.75, 3.05) is 13.6 Å². The lowest BCUT2D eigenvalue weighted by Crippen LogP contribution is -2.45. The fourth-order valence-electron chi connectivity index (χ4n) is 6.87. The molecule has 8 heteroatoms. The van der Waals surface area contributed by atoms with Gasteiger partial charge < -0.3 is 20.5 Å². The SMILES string of the molecule is CNC(=O)c1cc2c(c(F)c1C1C3=C(C=CC1(F)Cl)O[C@@](c1ccccc1)([C@@H]1CCCN1)C3)[C@@H](O)[C@@H](C)C2. The molecular formula is C30H31ClF2N2O3. The minimum absolute atomic E-state index is 0.0241. The van der Waals surface area contributed by atoms with Gasteiger partial charge in [0.1, 0.15) is 11.6 Å². The fourth-order valence-corrected chi connectivity index (χ4v) is 7.17. The second-order valence-corrected chi connectivity index (χ2v) is 11.5. The summed E-state index contributed by atoms with van der Waals surface area (Å²) in [6.07, 6.45) is 4.20. The van der Waals surface area contributed by atoms with Crippen LogP contribution in [0.15, 0.2) is 59.9 Å². The number of alkyl halides is 2. The number of amides is 1. The van der Waals surface area contributed by atoms with Gasteiger partial charge in [0.25, 0.3) is 5.91 Å². The number of carbonyl (C=O) groups is 1. The number of halogens is 3. The van der Waals surface area contributed by atoms with Crippen LogP contribution in [0.1, 0.15) is 70.8 Å². The van der Waals surface area contributed by atoms with Crippen LogP contribution in [0.3, 0.4) is 0 Å². The van der Waals surface area contributed by atoms with Crippen LogP contribution in [0.2, 0.25) is 0 Å². The number of nitrogens with one attached hydrogen (secondary N) is 2. The quantitative estimate of drug-likeness (QED) is 0.461. The van der Waals surface area contributed by atoms with Gasteiger partial charge in [-0.2, -0.15) is 0 Å². The van der Waals surface area contributed by atoms with Gasteiger partial charge in [0.15, 0.2) is 5.60 Å². The maximum atomic E-state index is 16.5. The van der Waals surface area contributed by atoms with Gasteiger partial charge in [0.05, 0.1) is 18.1 Å². The Morgan fingerprint density at radius 1 is 1.26 bits per heavy atom. The van der Waals surface area contributed by atoms with Crippen molar-refractivity contribution in [3.63, 3.8) is 0 Å². The Morgan fingerprint density at radius 3 is 2.71 bits per heavy atom. The highest BCUT2D eigenvalue weighted by atomic mass is 35.5. The predicted octanol–water partition coefficient (Wildman–Crippen LogP) is 5.29. The third-order valence-electron chi connectivity index (χ3n) is 8.70. The number of carbonyl (C=O) groups excluding carboxylic acids is 1. The van der Waals surface area contributed by atoms with Crippen molar-refractivity contribution in [3.8, 4) is 0 Å². The van der Waals surface area contributed by atoms with Crippen LogP contribution < -0.4 is 10.6 Å². The molecule has 6 rings (SSSR count). The minimum Gasteiger partial charge on any atom is -0.481 e. The average molecular weight is 541 g/mol. The number of ether oxygens (including phenoxy) is 1. The molecule has 0 saturated carbocycles. The van der Waals surface area contributed by atoms with Crippen LogP contribution in [0, 0.1) is 11.7 Å². The van der Waals surface area contributed by atoms with Crippen LogP contribution in [-0.4, -0.2) is 35.8 Å². The molecule has 0 bridgehead atoms. The zero-order valence-corrected chi connectivity index (χ0v) is 22.1. The Bertz CT molecular complexity index is 1350. The summed E-state index contributed by atoms with van der Waals surface area (Å²) in [5.74, 6) is -2.42. The van der Waals surface area contributed by atoms with Crippen molar-refractivity contribution in [1.29, 1.82) is 0 Å². The largest absolute Gasteiger partial charge is 0.481 e. The second-order valence-electron chi connectivity index (χ2n) is 10.9. The van der Waals surface area contributed by atoms with Crippen LogP contribution in [-0.2, 0) is 16.8 Å². The van der Waals surface area contributed by atoms with Gasteiger partial charge in [-0.3, -0.25) is 4.79 Å². The van der Waals surface area contributed by atoms with Gasteiger partial charge in [0, 0.05) is 30.2 Å². The fraction of sp³-hybridized carbons (Fsp3) is 0.433. The molecule has 2 aromatic carbocycles. The third kappa shape index (κ3) is 3.74. The number of fused-ring (bicyclic) bond motifs is 1. The van der Waals surface area contributed by atoms with Gasteiger partial charge in [-0.05, 0) is 66.6 Å². The van der Waals surface area contributed by atoms with Gasteiger partial charge in [-0.1, -0.05) is 48.9 Å². The van der Waals surface area contributed by atoms with E-state index in [1.807, 2.05) is 37.3 Å². The summed E-state index contributed by atoms with van der Waals surface area (Å²) >= 11 is 6.53. The Morgan fingerprint density at radius 2 is 2.03 bits per heavy atom. The molecule has 2 heterocycles. The minimum atomic E-state index is -2.51. The summed E-state index contributed by atoms with van der Waals surface area (Å²) in [5, 5.41) is 14.4. The molecule has 4 aliphatic rings. The zero-order chi connectivity index (χ0) is 26.8. The molecular weight excluding hydrogens is 510 g/mol. The molecule has 2 aliphatic heterocycles. The number of hydrogen-bond acceptors (Lipinski definition) is 4. The summed E-state index contributed by atoms with van der Waals surface area (Å²) in [6.45, 7) is 2.66. The molecule has 5 nitrogen and oxygen atoms in total. The van der Waals surface area contributed by atoms with Gasteiger partial charge >= 0.3 is 0 Å². The van der Waals surface area contributed by atoms with Crippen molar-refractivity contribution < 1.29 is 23.4 Å². The van der Waals surface area contributed by atoms with Crippen molar-refractivity contribution >= 4 is 17.5 Å². The van der Waals surface area contributed by atoms with E-state index < -0.39 is 34.5 Å². The molecule has 3 N–H and O–H groups in total. The smallest absolute Gasteiger partial charge is 0.251 e. The number of aliphatic hydroxyl groups excluding tert-OH is 1. The molecule has 1 saturated heterocycles. The third-order valence-corrected chi connectivity index (χ3v) is 9.05. The van der Waals surface area contributed by atoms with Crippen LogP contribution in [0.4, 0.5) is 8.78 Å². The molecule has 1 amide bonds. The topological polar surface area (TPSA) is 70.6 Å². The molecule has 1 fully saturated rings. The Hall–Kier alpha value is -2.74. The van der Waals surface area contributed by atoms with Gasteiger partial charge in [-0.25, -0.2) is 8.78 Å². The molecule has 0 spiro atoms. The molecule has 2 aliphatic carbocycles. The summed E-state index contributed by atoms with van der Waals surface area (Å²) in [7, 11) is 1.45. The van der Waals surface area contributed by atoms with Crippen molar-refractivity contribution in [3.05, 3.63) is 93.5 Å². The first-order valence-electron chi connectivity index (χ1n) is 13.2. The van der Waals surface area contributed by atoms with Crippen LogP contribution in [0.25, 0.3) is 0 Å². The highest BCUT2D eigenvalue weighted by Crippen LogP contribution is 2.58. The van der Waals surface area contributed by atoms with Crippen LogP contribution in [0.5, 0.6) is 0 Å². The molecule has 2 unspecified atom stereocenters. The standard InChI is InChI=1S/C30H31ClF2N2O3/c1-16-13-17-14-19(28(37)34-2)24(26(32)23(17)27(16)36)25-20-15-29(22-9-6-12-35-22,18-7-4-3-5-8-18)38-21(20)10-11-30(25,31)33/h3-5,7-8,10-11,14,16,22,25,27,35-36H,6,9,12-13,15H2,1-2H3,(H,34,37)/t16-,22-,25?,27-,29-,30?/m0/s1. The molecule has 0 radical (unpaired) electrons. The number of aliphatic hydroxyl groups is 1. The molecule has 0 aromatic heterocycles. The van der Waals surface area contributed by atoms with E-state index in [1.165, 1.54) is 19.2 Å². The van der Waals surface area contributed by atoms with E-state index in [9.17, 15) is 9.90 Å². The van der Waals surface area contributed by atoms with E-state index in [2.05, 4.69) is 10.6 Å². The van der Waals surface area contributed by atoms with Crippen molar-refractivity contribution in [2.24, 2.45) is 5.92 Å². The Balaban J connectivity index is 1.54. The zero-order valence-electron chi connectivity index (χ0n) is 21.4. The lowest BCUT2D eigenvalue weighted by Gasteiger charge is -2.36. The molecule has 2 aromatic rings. The molecule has 6 atom stereocenters. The Kier molecular flexibility index (Phi) is 6.17. The first kappa shape index (κ1) is 25.5. The maximum absolute atomic E-state index is 16.5. The second kappa shape index (κ2) is 9.18. The van der Waals surface area contributed by atoms with Gasteiger partial charge in [0.2, 0.25) is 5.13 Å². The Labute approximate surface area is 225 Å². The predicted molar refractivity (Wildman–Crippen MR) is 141 cm³/mol. The number of hydrogen-bond donors (Lipinski definition) is 3. The van der Waals surface area contributed by atoms with Crippen LogP contribution >= 0.6 is 11.6 Å². The average Bonchev–Trinajstić information content (AvgIpc) is 3.63. The van der Waals surface area contributed by atoms with Crippen molar-refractivity contribution in [1.82, 2.24) is 10.6 Å². The van der Waals surface area contributed by atoms with E-state index in [0.717, 1.165) is 24.9 Å². The monoisotopic (exact) mass is 540 g/mol. The molecule has 38 heavy (non-hydrogen) atoms. The summed E-state index contributed by atoms with van der Waals surface area (Å²) in [6, 6.07) is 11.3. The molecule has 200 valence electrons. The van der Waals surface area contributed by atoms with Crippen molar-refractivity contribution in [2.45, 2.75) is 61.4 Å². The lowest BCUT2D eigenvalue weighted by atomic mass is 9.73. The van der Waals surface area contributed by atoms with E-state index in [-0.39, 0.29) is 35.1 Å². The summed E-state index contributed by atoms with van der Waals surface area (Å²) < 4.78 is 39.5. The van der Waals surface area contributed by atoms with E-state index in [4.69, 9.17) is 16.3 Å². The summed E-state index contributed by atoms with van der Waals surface area (Å²) in [4.78, 5) is 13.1. The summed E-state index contributed by atoms with van der Waals surface area (Å²) in [5.41, 5.74) is 1.17. The number of rotatable bonds is 4. The van der Waals surface area contributed by atoms with E-state index >= 15 is 8.78 Å². The highest BCUT2D eigenvalue weighted by molar-refractivity contribution is 6.25. The number of benzene rings is 2. The maximum Gasteiger partial charge on any atom is 0.251 e. The highest BCUT2D eigenvalue weighted by Gasteiger charge is 2.56. The van der Waals surface area contributed by atoms with E-state index in [1.54, 1.807) is 6.07 Å². The first-order valence-corrected chi connectivity index (χ1v) is 13.6. The normalized spacial score (nSPS) is 33.7. The van der Waals surface area contributed by atoms with Gasteiger partial charge in [-0.15, -0.1) is 0 Å². The van der Waals surface area contributed by atoms with E-state index in [0.29, 0.717) is 23.3 Å². The lowest BCUT2D eigenvalue weighted by molar-refractivity contribution is -0.00307.